The van der Waals surface area contributed by atoms with E-state index in [2.05, 4.69) is 25.7 Å². The third kappa shape index (κ3) is 6.11. The fourth-order valence-corrected chi connectivity index (χ4v) is 3.67. The van der Waals surface area contributed by atoms with Crippen LogP contribution in [-0.4, -0.2) is 53.1 Å². The summed E-state index contributed by atoms with van der Waals surface area (Å²) in [7, 11) is 0. The van der Waals surface area contributed by atoms with Gasteiger partial charge in [0.15, 0.2) is 0 Å². The van der Waals surface area contributed by atoms with Crippen LogP contribution in [0, 0.1) is 6.92 Å². The van der Waals surface area contributed by atoms with E-state index in [-0.39, 0.29) is 11.8 Å². The van der Waals surface area contributed by atoms with Crippen LogP contribution < -0.4 is 10.6 Å². The van der Waals surface area contributed by atoms with Gasteiger partial charge in [0, 0.05) is 31.6 Å². The second-order valence-corrected chi connectivity index (χ2v) is 7.78. The zero-order chi connectivity index (χ0) is 19.1. The molecule has 0 spiro atoms. The van der Waals surface area contributed by atoms with Crippen molar-refractivity contribution in [3.05, 3.63) is 39.8 Å². The molecule has 0 aliphatic carbocycles. The van der Waals surface area contributed by atoms with E-state index in [1.165, 1.54) is 24.2 Å². The summed E-state index contributed by atoms with van der Waals surface area (Å²) in [5.41, 5.74) is 1.85. The molecular weight excluding hydrogens is 362 g/mol. The third-order valence-electron chi connectivity index (χ3n) is 4.49. The van der Waals surface area contributed by atoms with E-state index in [0.717, 1.165) is 30.9 Å². The van der Waals surface area contributed by atoms with Gasteiger partial charge in [0.1, 0.15) is 5.01 Å². The summed E-state index contributed by atoms with van der Waals surface area (Å²) in [6.45, 7) is 5.85. The summed E-state index contributed by atoms with van der Waals surface area (Å²) >= 11 is 1.23. The Bertz CT molecular complexity index is 769. The highest BCUT2D eigenvalue weighted by Crippen LogP contribution is 2.15. The number of anilines is 1. The van der Waals surface area contributed by atoms with Gasteiger partial charge in [-0.15, -0.1) is 10.2 Å². The first kappa shape index (κ1) is 19.4. The number of carbonyl (C=O) groups excluding carboxylic acids is 2. The molecule has 0 radical (unpaired) electrons. The molecule has 0 bridgehead atoms. The van der Waals surface area contributed by atoms with Crippen molar-refractivity contribution in [1.82, 2.24) is 20.4 Å². The molecule has 0 unspecified atom stereocenters. The molecular formula is C19H25N5O2S. The number of likely N-dealkylation sites (tertiary alicyclic amines) is 1. The van der Waals surface area contributed by atoms with E-state index >= 15 is 0 Å². The van der Waals surface area contributed by atoms with Crippen molar-refractivity contribution in [2.75, 3.05) is 31.5 Å². The number of aromatic nitrogens is 2. The smallest absolute Gasteiger partial charge is 0.286 e. The molecule has 1 aliphatic heterocycles. The number of aryl methyl sites for hydroxylation is 2. The number of rotatable bonds is 8. The van der Waals surface area contributed by atoms with Crippen molar-refractivity contribution in [1.29, 1.82) is 0 Å². The van der Waals surface area contributed by atoms with Crippen molar-refractivity contribution < 1.29 is 9.59 Å². The monoisotopic (exact) mass is 387 g/mol. The van der Waals surface area contributed by atoms with Gasteiger partial charge in [-0.3, -0.25) is 9.59 Å². The van der Waals surface area contributed by atoms with Crippen LogP contribution in [0.15, 0.2) is 24.3 Å². The molecule has 3 rings (SSSR count). The van der Waals surface area contributed by atoms with E-state index in [1.54, 1.807) is 0 Å². The number of nitrogens with zero attached hydrogens (tertiary/aromatic N) is 3. The van der Waals surface area contributed by atoms with Crippen LogP contribution in [0.5, 0.6) is 0 Å². The Morgan fingerprint density at radius 2 is 1.89 bits per heavy atom. The van der Waals surface area contributed by atoms with Gasteiger partial charge in [-0.2, -0.15) is 0 Å². The molecule has 7 nitrogen and oxygen atoms in total. The Morgan fingerprint density at radius 1 is 1.15 bits per heavy atom. The molecule has 0 saturated carbocycles. The van der Waals surface area contributed by atoms with E-state index in [1.807, 2.05) is 31.2 Å². The van der Waals surface area contributed by atoms with Gasteiger partial charge in [0.25, 0.3) is 5.91 Å². The Balaban J connectivity index is 1.39. The molecule has 1 aliphatic rings. The van der Waals surface area contributed by atoms with Gasteiger partial charge in [0.2, 0.25) is 10.9 Å². The Morgan fingerprint density at radius 3 is 2.63 bits per heavy atom. The highest BCUT2D eigenvalue weighted by atomic mass is 32.1. The van der Waals surface area contributed by atoms with Gasteiger partial charge in [-0.05, 0) is 45.0 Å². The van der Waals surface area contributed by atoms with E-state index < -0.39 is 0 Å². The molecule has 144 valence electrons. The van der Waals surface area contributed by atoms with E-state index in [4.69, 9.17) is 0 Å². The molecule has 2 heterocycles. The lowest BCUT2D eigenvalue weighted by molar-refractivity contribution is -0.121. The Hall–Kier alpha value is -2.32. The quantitative estimate of drug-likeness (QED) is 0.725. The van der Waals surface area contributed by atoms with Crippen LogP contribution >= 0.6 is 11.3 Å². The zero-order valence-electron chi connectivity index (χ0n) is 15.5. The standard InChI is InChI=1S/C19H25N5O2S/c1-14-4-6-15(7-5-14)21-18(26)19-23-22-17(27-19)9-8-16(25)20-10-13-24-11-2-3-12-24/h4-7H,2-3,8-13H2,1H3,(H,20,25)(H,21,26). The van der Waals surface area contributed by atoms with Crippen LogP contribution in [0.2, 0.25) is 0 Å². The van der Waals surface area contributed by atoms with Crippen LogP contribution in [0.3, 0.4) is 0 Å². The van der Waals surface area contributed by atoms with Gasteiger partial charge < -0.3 is 15.5 Å². The first-order chi connectivity index (χ1) is 13.1. The molecule has 1 saturated heterocycles. The third-order valence-corrected chi connectivity index (χ3v) is 5.47. The Kier molecular flexibility index (Phi) is 6.89. The van der Waals surface area contributed by atoms with Crippen molar-refractivity contribution >= 4 is 28.8 Å². The Labute approximate surface area is 163 Å². The van der Waals surface area contributed by atoms with Crippen molar-refractivity contribution in [3.63, 3.8) is 0 Å². The van der Waals surface area contributed by atoms with Crippen LogP contribution in [0.4, 0.5) is 5.69 Å². The molecule has 2 aromatic rings. The SMILES string of the molecule is Cc1ccc(NC(=O)c2nnc(CCC(=O)NCCN3CCCC3)s2)cc1. The predicted octanol–water partition coefficient (Wildman–Crippen LogP) is 2.24. The van der Waals surface area contributed by atoms with Crippen molar-refractivity contribution in [2.24, 2.45) is 0 Å². The van der Waals surface area contributed by atoms with E-state index in [9.17, 15) is 9.59 Å². The average Bonchev–Trinajstić information content (AvgIpc) is 3.34. The molecule has 1 fully saturated rings. The molecule has 2 N–H and O–H groups in total. The maximum Gasteiger partial charge on any atom is 0.286 e. The molecule has 1 aromatic heterocycles. The molecule has 2 amide bonds. The van der Waals surface area contributed by atoms with Gasteiger partial charge in [0.05, 0.1) is 0 Å². The fraction of sp³-hybridized carbons (Fsp3) is 0.474. The number of nitrogens with one attached hydrogen (secondary N) is 2. The summed E-state index contributed by atoms with van der Waals surface area (Å²) in [6.07, 6.45) is 3.36. The second-order valence-electron chi connectivity index (χ2n) is 6.72. The lowest BCUT2D eigenvalue weighted by atomic mass is 10.2. The topological polar surface area (TPSA) is 87.2 Å². The minimum Gasteiger partial charge on any atom is -0.355 e. The van der Waals surface area contributed by atoms with Gasteiger partial charge in [-0.25, -0.2) is 0 Å². The van der Waals surface area contributed by atoms with Crippen molar-refractivity contribution in [3.8, 4) is 0 Å². The minimum absolute atomic E-state index is 0.00931. The van der Waals surface area contributed by atoms with Crippen molar-refractivity contribution in [2.45, 2.75) is 32.6 Å². The minimum atomic E-state index is -0.280. The number of hydrogen-bond donors (Lipinski definition) is 2. The number of benzene rings is 1. The first-order valence-corrected chi connectivity index (χ1v) is 10.1. The highest BCUT2D eigenvalue weighted by Gasteiger charge is 2.14. The molecule has 27 heavy (non-hydrogen) atoms. The lowest BCUT2D eigenvalue weighted by Gasteiger charge is -2.14. The van der Waals surface area contributed by atoms with Crippen LogP contribution in [0.25, 0.3) is 0 Å². The largest absolute Gasteiger partial charge is 0.355 e. The van der Waals surface area contributed by atoms with E-state index in [0.29, 0.717) is 29.4 Å². The highest BCUT2D eigenvalue weighted by molar-refractivity contribution is 7.13. The van der Waals surface area contributed by atoms with Crippen LogP contribution in [0.1, 0.15) is 39.6 Å². The zero-order valence-corrected chi connectivity index (χ0v) is 16.3. The fourth-order valence-electron chi connectivity index (χ4n) is 2.94. The number of carbonyl (C=O) groups is 2. The first-order valence-electron chi connectivity index (χ1n) is 9.29. The molecule has 0 atom stereocenters. The second kappa shape index (κ2) is 9.57. The van der Waals surface area contributed by atoms with Gasteiger partial charge in [-0.1, -0.05) is 29.0 Å². The summed E-state index contributed by atoms with van der Waals surface area (Å²) in [4.78, 5) is 26.5. The normalized spacial score (nSPS) is 14.3. The maximum absolute atomic E-state index is 12.2. The lowest BCUT2D eigenvalue weighted by Crippen LogP contribution is -2.33. The number of amides is 2. The summed E-state index contributed by atoms with van der Waals surface area (Å²) in [6, 6.07) is 7.57. The average molecular weight is 388 g/mol. The molecule has 1 aromatic carbocycles. The summed E-state index contributed by atoms with van der Waals surface area (Å²) in [5, 5.41) is 14.7. The van der Waals surface area contributed by atoms with Gasteiger partial charge >= 0.3 is 0 Å². The molecule has 8 heteroatoms. The summed E-state index contributed by atoms with van der Waals surface area (Å²) < 4.78 is 0. The predicted molar refractivity (Wildman–Crippen MR) is 106 cm³/mol. The maximum atomic E-state index is 12.2. The number of hydrogen-bond acceptors (Lipinski definition) is 6. The van der Waals surface area contributed by atoms with Crippen LogP contribution in [-0.2, 0) is 11.2 Å². The summed E-state index contributed by atoms with van der Waals surface area (Å²) in [5.74, 6) is -0.271.